The van der Waals surface area contributed by atoms with Crippen LogP contribution in [0.25, 0.3) is 0 Å². The number of fused-ring (bicyclic) bond motifs is 2. The quantitative estimate of drug-likeness (QED) is 0.854. The number of alkyl halides is 1. The van der Waals surface area contributed by atoms with E-state index in [0.29, 0.717) is 24.6 Å². The molecule has 3 heterocycles. The number of nitrogens with one attached hydrogen (secondary N) is 1. The van der Waals surface area contributed by atoms with E-state index in [1.165, 1.54) is 0 Å². The van der Waals surface area contributed by atoms with Gasteiger partial charge in [-0.3, -0.25) is 4.79 Å². The third-order valence-corrected chi connectivity index (χ3v) is 5.68. The van der Waals surface area contributed by atoms with E-state index in [9.17, 15) is 9.18 Å². The van der Waals surface area contributed by atoms with Gasteiger partial charge in [-0.2, -0.15) is 0 Å². The van der Waals surface area contributed by atoms with Gasteiger partial charge < -0.3 is 14.6 Å². The molecule has 0 radical (unpaired) electrons. The molecule has 0 saturated carbocycles. The van der Waals surface area contributed by atoms with Gasteiger partial charge in [-0.25, -0.2) is 9.37 Å². The highest BCUT2D eigenvalue weighted by atomic mass is 19.1. The molecule has 1 aromatic heterocycles. The first-order valence-electron chi connectivity index (χ1n) is 10.1. The van der Waals surface area contributed by atoms with Gasteiger partial charge in [0, 0.05) is 19.2 Å². The lowest BCUT2D eigenvalue weighted by atomic mass is 9.90. The Labute approximate surface area is 165 Å². The number of nitrogens with zero attached hydrogens (tertiary/aromatic N) is 2. The second-order valence-electron chi connectivity index (χ2n) is 8.65. The van der Waals surface area contributed by atoms with Crippen molar-refractivity contribution in [3.05, 3.63) is 47.5 Å². The molecule has 6 heteroatoms. The van der Waals surface area contributed by atoms with Crippen LogP contribution in [0, 0.1) is 5.92 Å². The maximum Gasteiger partial charge on any atom is 0.271 e. The number of carbonyl (C=O) groups excluding carboxylic acids is 1. The summed E-state index contributed by atoms with van der Waals surface area (Å²) in [5.74, 6) is 2.13. The van der Waals surface area contributed by atoms with Crippen molar-refractivity contribution in [3.8, 4) is 5.75 Å². The summed E-state index contributed by atoms with van der Waals surface area (Å²) in [6.45, 7) is 4.55. The van der Waals surface area contributed by atoms with Gasteiger partial charge >= 0.3 is 0 Å². The zero-order chi connectivity index (χ0) is 19.7. The lowest BCUT2D eigenvalue weighted by Gasteiger charge is -2.25. The SMILES string of the molecule is CC(C)(F)CCC1CCc2nc(C(=O)NC3COc4ccccc4C3)cn2C1. The van der Waals surface area contributed by atoms with Gasteiger partial charge in [0.25, 0.3) is 5.91 Å². The molecule has 2 aliphatic heterocycles. The van der Waals surface area contributed by atoms with Crippen molar-refractivity contribution in [2.24, 2.45) is 5.92 Å². The topological polar surface area (TPSA) is 56.1 Å². The van der Waals surface area contributed by atoms with E-state index in [0.717, 1.165) is 49.4 Å². The van der Waals surface area contributed by atoms with Gasteiger partial charge in [0.15, 0.2) is 0 Å². The molecule has 1 aromatic carbocycles. The zero-order valence-corrected chi connectivity index (χ0v) is 16.6. The lowest BCUT2D eigenvalue weighted by Crippen LogP contribution is -2.42. The number of hydrogen-bond acceptors (Lipinski definition) is 3. The van der Waals surface area contributed by atoms with Gasteiger partial charge in [0.1, 0.15) is 29.5 Å². The summed E-state index contributed by atoms with van der Waals surface area (Å²) < 4.78 is 21.6. The number of amides is 1. The minimum atomic E-state index is -1.12. The predicted molar refractivity (Wildman–Crippen MR) is 105 cm³/mol. The highest BCUT2D eigenvalue weighted by Gasteiger charge is 2.26. The molecule has 28 heavy (non-hydrogen) atoms. The molecular weight excluding hydrogens is 357 g/mol. The summed E-state index contributed by atoms with van der Waals surface area (Å²) in [6, 6.07) is 7.87. The van der Waals surface area contributed by atoms with E-state index in [2.05, 4.69) is 14.9 Å². The summed E-state index contributed by atoms with van der Waals surface area (Å²) in [7, 11) is 0. The number of carbonyl (C=O) groups is 1. The second kappa shape index (κ2) is 7.57. The standard InChI is InChI=1S/C22H28FN3O2/c1-22(2,23)10-9-15-7-8-20-25-18(13-26(20)12-15)21(27)24-17-11-16-5-3-4-6-19(16)28-14-17/h3-6,13,15,17H,7-12,14H2,1-2H3,(H,24,27). The number of hydrogen-bond donors (Lipinski definition) is 1. The molecule has 4 rings (SSSR count). The number of rotatable bonds is 5. The van der Waals surface area contributed by atoms with Crippen LogP contribution in [0.3, 0.4) is 0 Å². The summed E-state index contributed by atoms with van der Waals surface area (Å²) in [4.78, 5) is 17.2. The maximum atomic E-state index is 13.8. The van der Waals surface area contributed by atoms with Crippen LogP contribution in [0.4, 0.5) is 4.39 Å². The van der Waals surface area contributed by atoms with Crippen LogP contribution < -0.4 is 10.1 Å². The molecule has 0 saturated heterocycles. The number of aromatic nitrogens is 2. The van der Waals surface area contributed by atoms with Crippen LogP contribution in [0.5, 0.6) is 5.75 Å². The largest absolute Gasteiger partial charge is 0.491 e. The molecule has 150 valence electrons. The minimum Gasteiger partial charge on any atom is -0.491 e. The fraction of sp³-hybridized carbons (Fsp3) is 0.545. The molecule has 0 spiro atoms. The minimum absolute atomic E-state index is 0.0549. The zero-order valence-electron chi connectivity index (χ0n) is 16.6. The van der Waals surface area contributed by atoms with Crippen LogP contribution in [-0.2, 0) is 19.4 Å². The van der Waals surface area contributed by atoms with Crippen molar-refractivity contribution in [1.82, 2.24) is 14.9 Å². The fourth-order valence-corrected chi connectivity index (χ4v) is 4.09. The molecule has 0 bridgehead atoms. The molecule has 1 amide bonds. The van der Waals surface area contributed by atoms with Crippen LogP contribution >= 0.6 is 0 Å². The van der Waals surface area contributed by atoms with Crippen molar-refractivity contribution >= 4 is 5.91 Å². The van der Waals surface area contributed by atoms with Crippen molar-refractivity contribution in [1.29, 1.82) is 0 Å². The van der Waals surface area contributed by atoms with Crippen molar-refractivity contribution in [2.45, 2.75) is 64.2 Å². The Morgan fingerprint density at radius 3 is 3.04 bits per heavy atom. The van der Waals surface area contributed by atoms with Gasteiger partial charge in [0.05, 0.1) is 6.04 Å². The molecule has 0 aliphatic carbocycles. The normalized spacial score (nSPS) is 21.4. The van der Waals surface area contributed by atoms with Crippen molar-refractivity contribution in [3.63, 3.8) is 0 Å². The maximum absolute atomic E-state index is 13.8. The van der Waals surface area contributed by atoms with Crippen LogP contribution in [-0.4, -0.2) is 33.8 Å². The first-order valence-corrected chi connectivity index (χ1v) is 10.1. The first-order chi connectivity index (χ1) is 13.4. The van der Waals surface area contributed by atoms with Gasteiger partial charge in [-0.05, 0) is 57.1 Å². The third-order valence-electron chi connectivity index (χ3n) is 5.68. The highest BCUT2D eigenvalue weighted by molar-refractivity contribution is 5.92. The van der Waals surface area contributed by atoms with E-state index >= 15 is 0 Å². The lowest BCUT2D eigenvalue weighted by molar-refractivity contribution is 0.0910. The molecule has 1 N–H and O–H groups in total. The Balaban J connectivity index is 1.36. The van der Waals surface area contributed by atoms with E-state index in [1.807, 2.05) is 30.5 Å². The predicted octanol–water partition coefficient (Wildman–Crippen LogP) is 3.71. The van der Waals surface area contributed by atoms with E-state index in [1.54, 1.807) is 13.8 Å². The van der Waals surface area contributed by atoms with Crippen molar-refractivity contribution < 1.29 is 13.9 Å². The van der Waals surface area contributed by atoms with Gasteiger partial charge in [-0.15, -0.1) is 0 Å². The first kappa shape index (κ1) is 19.0. The molecule has 2 unspecified atom stereocenters. The van der Waals surface area contributed by atoms with E-state index in [4.69, 9.17) is 4.74 Å². The van der Waals surface area contributed by atoms with Crippen LogP contribution in [0.2, 0.25) is 0 Å². The molecule has 2 aliphatic rings. The highest BCUT2D eigenvalue weighted by Crippen LogP contribution is 2.28. The Bertz CT molecular complexity index is 856. The molecular formula is C22H28FN3O2. The fourth-order valence-electron chi connectivity index (χ4n) is 4.09. The Hall–Kier alpha value is -2.37. The van der Waals surface area contributed by atoms with Gasteiger partial charge in [0.2, 0.25) is 0 Å². The number of benzene rings is 1. The third kappa shape index (κ3) is 4.37. The van der Waals surface area contributed by atoms with Crippen LogP contribution in [0.15, 0.2) is 30.5 Å². The summed E-state index contributed by atoms with van der Waals surface area (Å²) in [5, 5.41) is 3.05. The van der Waals surface area contributed by atoms with E-state index < -0.39 is 5.67 Å². The number of aryl methyl sites for hydroxylation is 1. The summed E-state index contributed by atoms with van der Waals surface area (Å²) in [5.41, 5.74) is 0.447. The average molecular weight is 385 g/mol. The smallest absolute Gasteiger partial charge is 0.271 e. The van der Waals surface area contributed by atoms with Crippen LogP contribution in [0.1, 0.15) is 55.0 Å². The number of imidazole rings is 1. The molecule has 0 fully saturated rings. The average Bonchev–Trinajstić information content (AvgIpc) is 3.09. The van der Waals surface area contributed by atoms with Gasteiger partial charge in [-0.1, -0.05) is 18.2 Å². The molecule has 5 nitrogen and oxygen atoms in total. The monoisotopic (exact) mass is 385 g/mol. The molecule has 2 aromatic rings. The second-order valence-corrected chi connectivity index (χ2v) is 8.65. The summed E-state index contributed by atoms with van der Waals surface area (Å²) in [6.07, 6.45) is 5.87. The van der Waals surface area contributed by atoms with Crippen molar-refractivity contribution in [2.75, 3.05) is 6.61 Å². The Morgan fingerprint density at radius 2 is 2.21 bits per heavy atom. The number of halogens is 1. The number of ether oxygens (including phenoxy) is 1. The number of para-hydroxylation sites is 1. The van der Waals surface area contributed by atoms with E-state index in [-0.39, 0.29) is 11.9 Å². The Morgan fingerprint density at radius 1 is 1.39 bits per heavy atom. The molecule has 2 atom stereocenters. The Kier molecular flexibility index (Phi) is 5.13. The summed E-state index contributed by atoms with van der Waals surface area (Å²) >= 11 is 0.